The molecule has 3 nitrogen and oxygen atoms in total. The lowest BCUT2D eigenvalue weighted by molar-refractivity contribution is -0.0469. The molecule has 1 aliphatic heterocycles. The van der Waals surface area contributed by atoms with Gasteiger partial charge in [0.25, 0.3) is 0 Å². The maximum Gasteiger partial charge on any atom is 0.0758 e. The number of likely N-dealkylation sites (N-methyl/N-ethyl adjacent to an activating group) is 1. The molecule has 0 aromatic heterocycles. The summed E-state index contributed by atoms with van der Waals surface area (Å²) in [6.07, 6.45) is 1.20. The second kappa shape index (κ2) is 4.60. The molecule has 1 atom stereocenters. The van der Waals surface area contributed by atoms with Crippen molar-refractivity contribution in [2.24, 2.45) is 0 Å². The van der Waals surface area contributed by atoms with E-state index in [-0.39, 0.29) is 6.04 Å². The van der Waals surface area contributed by atoms with Crippen LogP contribution in [0, 0.1) is 0 Å². The molecule has 0 aromatic carbocycles. The molecule has 1 unspecified atom stereocenters. The van der Waals surface area contributed by atoms with Gasteiger partial charge in [0.15, 0.2) is 0 Å². The highest BCUT2D eigenvalue weighted by atomic mass is 16.3. The van der Waals surface area contributed by atoms with E-state index in [1.54, 1.807) is 0 Å². The van der Waals surface area contributed by atoms with E-state index in [4.69, 9.17) is 0 Å². The first-order valence-corrected chi connectivity index (χ1v) is 5.60. The van der Waals surface area contributed by atoms with Gasteiger partial charge in [0.2, 0.25) is 0 Å². The molecule has 84 valence electrons. The maximum atomic E-state index is 10.0. The van der Waals surface area contributed by atoms with Crippen LogP contribution in [0.1, 0.15) is 27.2 Å². The molecule has 1 heterocycles. The summed E-state index contributed by atoms with van der Waals surface area (Å²) in [5.74, 6) is 0. The van der Waals surface area contributed by atoms with E-state index in [0.717, 1.165) is 26.2 Å². The number of piperazine rings is 1. The molecule has 1 saturated heterocycles. The van der Waals surface area contributed by atoms with Crippen LogP contribution in [0.3, 0.4) is 0 Å². The van der Waals surface area contributed by atoms with Crippen LogP contribution < -0.4 is 0 Å². The van der Waals surface area contributed by atoms with Gasteiger partial charge >= 0.3 is 0 Å². The Morgan fingerprint density at radius 2 is 2.00 bits per heavy atom. The quantitative estimate of drug-likeness (QED) is 0.729. The summed E-state index contributed by atoms with van der Waals surface area (Å²) in [6, 6.07) is 0.266. The first kappa shape index (κ1) is 12.0. The smallest absolute Gasteiger partial charge is 0.0758 e. The van der Waals surface area contributed by atoms with Gasteiger partial charge in [-0.2, -0.15) is 0 Å². The fraction of sp³-hybridized carbons (Fsp3) is 1.00. The second-order valence-electron chi connectivity index (χ2n) is 4.95. The van der Waals surface area contributed by atoms with E-state index >= 15 is 0 Å². The van der Waals surface area contributed by atoms with Gasteiger partial charge in [-0.25, -0.2) is 0 Å². The molecular weight excluding hydrogens is 176 g/mol. The molecular formula is C11H24N2O. The van der Waals surface area contributed by atoms with E-state index in [1.807, 2.05) is 13.8 Å². The predicted molar refractivity (Wildman–Crippen MR) is 59.4 cm³/mol. The van der Waals surface area contributed by atoms with E-state index in [2.05, 4.69) is 23.8 Å². The highest BCUT2D eigenvalue weighted by Crippen LogP contribution is 2.19. The predicted octanol–water partition coefficient (Wildman–Crippen LogP) is 0.783. The Kier molecular flexibility index (Phi) is 3.93. The average molecular weight is 200 g/mol. The van der Waals surface area contributed by atoms with E-state index in [0.29, 0.717) is 0 Å². The molecule has 0 saturated carbocycles. The maximum absolute atomic E-state index is 10.0. The Balaban J connectivity index is 2.55. The van der Waals surface area contributed by atoms with Gasteiger partial charge in [-0.05, 0) is 33.9 Å². The number of hydrogen-bond acceptors (Lipinski definition) is 3. The number of aliphatic hydroxyl groups is 1. The molecule has 0 aliphatic carbocycles. The third-order valence-corrected chi connectivity index (χ3v) is 3.09. The van der Waals surface area contributed by atoms with Crippen LogP contribution in [-0.2, 0) is 0 Å². The molecule has 1 N–H and O–H groups in total. The molecule has 0 bridgehead atoms. The van der Waals surface area contributed by atoms with Crippen molar-refractivity contribution in [3.63, 3.8) is 0 Å². The summed E-state index contributed by atoms with van der Waals surface area (Å²) in [4.78, 5) is 4.72. The highest BCUT2D eigenvalue weighted by Gasteiger charge is 2.34. The number of hydrogen-bond donors (Lipinski definition) is 1. The Morgan fingerprint density at radius 3 is 2.50 bits per heavy atom. The summed E-state index contributed by atoms with van der Waals surface area (Å²) >= 11 is 0. The molecule has 0 spiro atoms. The van der Waals surface area contributed by atoms with Crippen LogP contribution >= 0.6 is 0 Å². The van der Waals surface area contributed by atoms with Gasteiger partial charge in [0, 0.05) is 19.6 Å². The van der Waals surface area contributed by atoms with E-state index in [1.165, 1.54) is 6.42 Å². The summed E-state index contributed by atoms with van der Waals surface area (Å²) in [6.45, 7) is 10.4. The summed E-state index contributed by atoms with van der Waals surface area (Å²) in [5.41, 5.74) is -0.596. The Labute approximate surface area is 87.7 Å². The minimum Gasteiger partial charge on any atom is -0.389 e. The lowest BCUT2D eigenvalue weighted by atomic mass is 9.95. The topological polar surface area (TPSA) is 26.7 Å². The zero-order valence-corrected chi connectivity index (χ0v) is 9.95. The molecule has 14 heavy (non-hydrogen) atoms. The third kappa shape index (κ3) is 2.94. The van der Waals surface area contributed by atoms with Gasteiger partial charge in [-0.3, -0.25) is 4.90 Å². The third-order valence-electron chi connectivity index (χ3n) is 3.09. The van der Waals surface area contributed by atoms with Crippen molar-refractivity contribution in [1.29, 1.82) is 0 Å². The molecule has 1 rings (SSSR count). The first-order valence-electron chi connectivity index (χ1n) is 5.60. The Bertz CT molecular complexity index is 177. The van der Waals surface area contributed by atoms with Gasteiger partial charge < -0.3 is 10.0 Å². The van der Waals surface area contributed by atoms with Crippen LogP contribution in [0.2, 0.25) is 0 Å². The monoisotopic (exact) mass is 200 g/mol. The second-order valence-corrected chi connectivity index (χ2v) is 4.95. The van der Waals surface area contributed by atoms with E-state index in [9.17, 15) is 5.11 Å². The standard InChI is InChI=1S/C11H24N2O/c1-5-6-13-8-7-12(4)10(9-13)11(2,3)14/h10,14H,5-9H2,1-4H3. The first-order chi connectivity index (χ1) is 6.45. The van der Waals surface area contributed by atoms with Gasteiger partial charge in [0.1, 0.15) is 0 Å². The van der Waals surface area contributed by atoms with Crippen molar-refractivity contribution in [2.75, 3.05) is 33.2 Å². The van der Waals surface area contributed by atoms with Crippen LogP contribution in [0.5, 0.6) is 0 Å². The summed E-state index contributed by atoms with van der Waals surface area (Å²) in [7, 11) is 2.10. The largest absolute Gasteiger partial charge is 0.389 e. The van der Waals surface area contributed by atoms with Crippen molar-refractivity contribution in [3.05, 3.63) is 0 Å². The van der Waals surface area contributed by atoms with Crippen molar-refractivity contribution >= 4 is 0 Å². The molecule has 0 aromatic rings. The molecule has 3 heteroatoms. The Hall–Kier alpha value is -0.120. The number of nitrogens with zero attached hydrogens (tertiary/aromatic N) is 2. The molecule has 1 fully saturated rings. The lowest BCUT2D eigenvalue weighted by Gasteiger charge is -2.44. The fourth-order valence-corrected chi connectivity index (χ4v) is 2.21. The van der Waals surface area contributed by atoms with Crippen molar-refractivity contribution in [2.45, 2.75) is 38.8 Å². The van der Waals surface area contributed by atoms with E-state index < -0.39 is 5.60 Å². The zero-order chi connectivity index (χ0) is 10.8. The van der Waals surface area contributed by atoms with Crippen molar-refractivity contribution < 1.29 is 5.11 Å². The van der Waals surface area contributed by atoms with Crippen molar-refractivity contribution in [3.8, 4) is 0 Å². The van der Waals surface area contributed by atoms with Gasteiger partial charge in [-0.1, -0.05) is 6.92 Å². The SMILES string of the molecule is CCCN1CCN(C)C(C(C)(C)O)C1. The highest BCUT2D eigenvalue weighted by molar-refractivity contribution is 4.90. The fourth-order valence-electron chi connectivity index (χ4n) is 2.21. The summed E-state index contributed by atoms with van der Waals surface area (Å²) < 4.78 is 0. The minimum atomic E-state index is -0.596. The van der Waals surface area contributed by atoms with Crippen LogP contribution in [0.15, 0.2) is 0 Å². The average Bonchev–Trinajstić information content (AvgIpc) is 2.07. The zero-order valence-electron chi connectivity index (χ0n) is 9.95. The Morgan fingerprint density at radius 1 is 1.36 bits per heavy atom. The normalized spacial score (nSPS) is 26.8. The number of rotatable bonds is 3. The van der Waals surface area contributed by atoms with Crippen LogP contribution in [0.25, 0.3) is 0 Å². The van der Waals surface area contributed by atoms with Crippen LogP contribution in [-0.4, -0.2) is 59.8 Å². The van der Waals surface area contributed by atoms with Gasteiger partial charge in [0.05, 0.1) is 11.6 Å². The lowest BCUT2D eigenvalue weighted by Crippen LogP contribution is -2.59. The molecule has 0 amide bonds. The molecule has 1 aliphatic rings. The minimum absolute atomic E-state index is 0.266. The van der Waals surface area contributed by atoms with Crippen molar-refractivity contribution in [1.82, 2.24) is 9.80 Å². The van der Waals surface area contributed by atoms with Gasteiger partial charge in [-0.15, -0.1) is 0 Å². The van der Waals surface area contributed by atoms with Crippen LogP contribution in [0.4, 0.5) is 0 Å². The summed E-state index contributed by atoms with van der Waals surface area (Å²) in [5, 5.41) is 10.0. The molecule has 0 radical (unpaired) electrons.